The van der Waals surface area contributed by atoms with Gasteiger partial charge in [-0.2, -0.15) is 0 Å². The van der Waals surface area contributed by atoms with Gasteiger partial charge < -0.3 is 0 Å². The molecule has 0 radical (unpaired) electrons. The molecule has 7 heteroatoms. The molecule has 0 spiro atoms. The molecule has 11 heavy (non-hydrogen) atoms. The van der Waals surface area contributed by atoms with E-state index in [1.54, 1.807) is 5.69 Å². The number of hydrogen-bond donors (Lipinski definition) is 0. The fourth-order valence-corrected chi connectivity index (χ4v) is 13.0. The van der Waals surface area contributed by atoms with Crippen LogP contribution in [0.2, 0.25) is 5.67 Å². The molecule has 0 aliphatic rings. The second-order valence-electron chi connectivity index (χ2n) is 1.84. The number of nitriles is 1. The molecule has 0 aromatic carbocycles. The zero-order chi connectivity index (χ0) is 9.12. The Bertz CT molecular complexity index is 201. The summed E-state index contributed by atoms with van der Waals surface area (Å²) in [6.07, 6.45) is 5.01. The fourth-order valence-electron chi connectivity index (χ4n) is 0.369. The van der Waals surface area contributed by atoms with Crippen LogP contribution in [0, 0.1) is 22.9 Å². The minimum Gasteiger partial charge on any atom is -0.203 e. The first-order valence-corrected chi connectivity index (χ1v) is 10.9. The molecular formula is C4H3Cl4NSi2. The van der Waals surface area contributed by atoms with Crippen molar-refractivity contribution in [1.82, 2.24) is 0 Å². The first-order valence-electron chi connectivity index (χ1n) is 2.48. The van der Waals surface area contributed by atoms with E-state index in [9.17, 15) is 0 Å². The summed E-state index contributed by atoms with van der Waals surface area (Å²) in [5.41, 5.74) is 4.07. The second-order valence-corrected chi connectivity index (χ2v) is 15.5. The van der Waals surface area contributed by atoms with Gasteiger partial charge >= 0.3 is 13.4 Å². The van der Waals surface area contributed by atoms with Crippen LogP contribution in [0.15, 0.2) is 0 Å². The van der Waals surface area contributed by atoms with Gasteiger partial charge in [0.15, 0.2) is 0 Å². The number of rotatable bonds is 2. The monoisotopic (exact) mass is 261 g/mol. The SMILES string of the molecule is C#C[Si](Cl)(Cl)C[Si](Cl)(Cl)C#N. The first-order chi connectivity index (χ1) is 4.83. The van der Waals surface area contributed by atoms with Crippen LogP contribution >= 0.6 is 44.3 Å². The van der Waals surface area contributed by atoms with Crippen molar-refractivity contribution in [1.29, 1.82) is 5.26 Å². The van der Waals surface area contributed by atoms with Crippen molar-refractivity contribution < 1.29 is 0 Å². The zero-order valence-electron chi connectivity index (χ0n) is 5.24. The molecule has 0 bridgehead atoms. The first kappa shape index (κ1) is 11.6. The van der Waals surface area contributed by atoms with Gasteiger partial charge in [-0.25, -0.2) is 5.26 Å². The molecule has 0 fully saturated rings. The molecule has 0 saturated heterocycles. The molecule has 0 heterocycles. The topological polar surface area (TPSA) is 23.8 Å². The Balaban J connectivity index is 4.31. The Hall–Kier alpha value is 0.644. The molecule has 0 saturated carbocycles. The van der Waals surface area contributed by atoms with E-state index in [1.807, 2.05) is 0 Å². The number of hydrogen-bond acceptors (Lipinski definition) is 1. The molecule has 0 amide bonds. The summed E-state index contributed by atoms with van der Waals surface area (Å²) < 4.78 is 0. The van der Waals surface area contributed by atoms with Crippen LogP contribution in [0.25, 0.3) is 0 Å². The predicted molar refractivity (Wildman–Crippen MR) is 54.2 cm³/mol. The minimum atomic E-state index is -2.93. The highest BCUT2D eigenvalue weighted by atomic mass is 35.7. The second kappa shape index (κ2) is 4.04. The molecule has 1 nitrogen and oxygen atoms in total. The summed E-state index contributed by atoms with van der Waals surface area (Å²) in [4.78, 5) is 0. The summed E-state index contributed by atoms with van der Waals surface area (Å²) >= 11 is 22.5. The van der Waals surface area contributed by atoms with Crippen molar-refractivity contribution in [3.05, 3.63) is 0 Å². The van der Waals surface area contributed by atoms with Crippen LogP contribution in [0.1, 0.15) is 0 Å². The van der Waals surface area contributed by atoms with Crippen LogP contribution < -0.4 is 0 Å². The third-order valence-electron chi connectivity index (χ3n) is 0.819. The minimum absolute atomic E-state index is 0.0826. The number of terminal acetylenes is 1. The van der Waals surface area contributed by atoms with E-state index < -0.39 is 13.4 Å². The molecule has 60 valence electrons. The number of halogens is 4. The van der Waals surface area contributed by atoms with Gasteiger partial charge in [-0.1, -0.05) is 5.54 Å². The van der Waals surface area contributed by atoms with Crippen LogP contribution in [0.5, 0.6) is 0 Å². The molecule has 0 rings (SSSR count). The van der Waals surface area contributed by atoms with E-state index in [1.165, 1.54) is 0 Å². The van der Waals surface area contributed by atoms with Gasteiger partial charge in [0.2, 0.25) is 0 Å². The highest BCUT2D eigenvalue weighted by Crippen LogP contribution is 2.30. The van der Waals surface area contributed by atoms with Crippen LogP contribution in [0.4, 0.5) is 0 Å². The summed E-state index contributed by atoms with van der Waals surface area (Å²) in [6.45, 7) is -5.71. The Kier molecular flexibility index (Phi) is 4.28. The summed E-state index contributed by atoms with van der Waals surface area (Å²) in [5.74, 6) is 0. The van der Waals surface area contributed by atoms with Gasteiger partial charge in [0.25, 0.3) is 0 Å². The third-order valence-corrected chi connectivity index (χ3v) is 11.1. The smallest absolute Gasteiger partial charge is 0.203 e. The van der Waals surface area contributed by atoms with Crippen molar-refractivity contribution >= 4 is 57.7 Å². The maximum absolute atomic E-state index is 8.44. The average molecular weight is 263 g/mol. The van der Waals surface area contributed by atoms with Crippen molar-refractivity contribution in [2.75, 3.05) is 0 Å². The quantitative estimate of drug-likeness (QED) is 0.427. The highest BCUT2D eigenvalue weighted by molar-refractivity contribution is 7.59. The largest absolute Gasteiger partial charge is 0.357 e. The van der Waals surface area contributed by atoms with E-state index in [0.717, 1.165) is 0 Å². The van der Waals surface area contributed by atoms with Gasteiger partial charge in [-0.15, -0.1) is 50.7 Å². The van der Waals surface area contributed by atoms with Crippen LogP contribution in [0.3, 0.4) is 0 Å². The molecule has 0 atom stereocenters. The van der Waals surface area contributed by atoms with Gasteiger partial charge in [-0.3, -0.25) is 0 Å². The molecule has 0 aliphatic carbocycles. The van der Waals surface area contributed by atoms with Crippen LogP contribution in [-0.2, 0) is 0 Å². The normalized spacial score (nSPS) is 11.8. The Morgan fingerprint density at radius 2 is 1.64 bits per heavy atom. The lowest BCUT2D eigenvalue weighted by Gasteiger charge is -2.12. The van der Waals surface area contributed by atoms with E-state index >= 15 is 0 Å². The van der Waals surface area contributed by atoms with Crippen molar-refractivity contribution in [3.8, 4) is 17.7 Å². The maximum atomic E-state index is 8.44. The lowest BCUT2D eigenvalue weighted by Crippen LogP contribution is -2.30. The van der Waals surface area contributed by atoms with E-state index in [2.05, 4.69) is 5.54 Å². The maximum Gasteiger partial charge on any atom is 0.357 e. The Labute approximate surface area is 86.0 Å². The summed E-state index contributed by atoms with van der Waals surface area (Å²) in [6, 6.07) is 0. The standard InChI is InChI=1S/C4H3Cl4NSi2/c1-2-10(5,6)4-11(7,8)3-9/h1H,4H2. The van der Waals surface area contributed by atoms with Crippen molar-refractivity contribution in [2.45, 2.75) is 5.67 Å². The van der Waals surface area contributed by atoms with Gasteiger partial charge in [-0.05, 0) is 0 Å². The zero-order valence-corrected chi connectivity index (χ0v) is 10.3. The number of nitrogens with zero attached hydrogens (tertiary/aromatic N) is 1. The van der Waals surface area contributed by atoms with E-state index in [4.69, 9.17) is 56.0 Å². The molecular weight excluding hydrogens is 260 g/mol. The van der Waals surface area contributed by atoms with Gasteiger partial charge in [0, 0.05) is 5.67 Å². The predicted octanol–water partition coefficient (Wildman–Crippen LogP) is 2.60. The molecule has 0 aliphatic heterocycles. The van der Waals surface area contributed by atoms with E-state index in [0.29, 0.717) is 0 Å². The highest BCUT2D eigenvalue weighted by Gasteiger charge is 2.41. The fraction of sp³-hybridized carbons (Fsp3) is 0.250. The third kappa shape index (κ3) is 4.97. The van der Waals surface area contributed by atoms with E-state index in [-0.39, 0.29) is 5.67 Å². The summed E-state index contributed by atoms with van der Waals surface area (Å²) in [5, 5.41) is 8.44. The van der Waals surface area contributed by atoms with Crippen LogP contribution in [-0.4, -0.2) is 13.4 Å². The Morgan fingerprint density at radius 1 is 1.18 bits per heavy atom. The molecule has 0 unspecified atom stereocenters. The lowest BCUT2D eigenvalue weighted by atomic mass is 11.4. The average Bonchev–Trinajstić information content (AvgIpc) is 1.86. The molecule has 0 aromatic heterocycles. The van der Waals surface area contributed by atoms with Crippen molar-refractivity contribution in [2.24, 2.45) is 0 Å². The van der Waals surface area contributed by atoms with Crippen molar-refractivity contribution in [3.63, 3.8) is 0 Å². The summed E-state index contributed by atoms with van der Waals surface area (Å²) in [7, 11) is 0. The Morgan fingerprint density at radius 3 is 1.91 bits per heavy atom. The molecule has 0 N–H and O–H groups in total. The van der Waals surface area contributed by atoms with Gasteiger partial charge in [0.1, 0.15) is 0 Å². The van der Waals surface area contributed by atoms with Gasteiger partial charge in [0.05, 0.1) is 5.69 Å². The lowest BCUT2D eigenvalue weighted by molar-refractivity contribution is 1.55. The molecule has 0 aromatic rings.